The molecule has 0 aliphatic rings. The van der Waals surface area contributed by atoms with Crippen LogP contribution in [0.3, 0.4) is 0 Å². The van der Waals surface area contributed by atoms with Crippen LogP contribution < -0.4 is 5.32 Å². The van der Waals surface area contributed by atoms with Gasteiger partial charge in [-0.2, -0.15) is 4.31 Å². The minimum atomic E-state index is -3.92. The van der Waals surface area contributed by atoms with Crippen LogP contribution in [0.2, 0.25) is 5.02 Å². The molecule has 0 aromatic heterocycles. The van der Waals surface area contributed by atoms with Crippen LogP contribution in [0.25, 0.3) is 0 Å². The Morgan fingerprint density at radius 1 is 0.933 bits per heavy atom. The summed E-state index contributed by atoms with van der Waals surface area (Å²) in [6.45, 7) is 3.40. The largest absolute Gasteiger partial charge is 0.325 e. The highest BCUT2D eigenvalue weighted by atomic mass is 35.5. The van der Waals surface area contributed by atoms with Crippen molar-refractivity contribution < 1.29 is 13.2 Å². The van der Waals surface area contributed by atoms with E-state index in [9.17, 15) is 13.2 Å². The standard InChI is InChI=1S/C23H23ClN2O3S/c1-17-11-13-20(14-12-17)30(28,29)26(15-19-8-4-5-9-21(19)24)16-23(27)25-22-10-6-3-7-18(22)2/h3-14H,15-16H2,1-2H3,(H,25,27). The summed E-state index contributed by atoms with van der Waals surface area (Å²) in [6.07, 6.45) is 0. The molecular formula is C23H23ClN2O3S. The van der Waals surface area contributed by atoms with Crippen LogP contribution in [0.4, 0.5) is 5.69 Å². The summed E-state index contributed by atoms with van der Waals surface area (Å²) in [5.41, 5.74) is 3.11. The van der Waals surface area contributed by atoms with E-state index >= 15 is 0 Å². The summed E-state index contributed by atoms with van der Waals surface area (Å²) in [5, 5.41) is 3.24. The maximum Gasteiger partial charge on any atom is 0.243 e. The fourth-order valence-corrected chi connectivity index (χ4v) is 4.53. The molecule has 0 aliphatic carbocycles. The third-order valence-corrected chi connectivity index (χ3v) is 6.88. The monoisotopic (exact) mass is 442 g/mol. The molecular weight excluding hydrogens is 420 g/mol. The molecule has 0 saturated heterocycles. The van der Waals surface area contributed by atoms with Crippen LogP contribution in [0.15, 0.2) is 77.7 Å². The molecule has 0 aliphatic heterocycles. The molecule has 0 atom stereocenters. The molecule has 3 aromatic rings. The Morgan fingerprint density at radius 3 is 2.23 bits per heavy atom. The molecule has 3 rings (SSSR count). The number of anilines is 1. The topological polar surface area (TPSA) is 66.5 Å². The normalized spacial score (nSPS) is 11.5. The highest BCUT2D eigenvalue weighted by Crippen LogP contribution is 2.23. The maximum atomic E-state index is 13.3. The number of para-hydroxylation sites is 1. The summed E-state index contributed by atoms with van der Waals surface area (Å²) >= 11 is 6.25. The molecule has 0 unspecified atom stereocenters. The Bertz CT molecular complexity index is 1150. The lowest BCUT2D eigenvalue weighted by atomic mass is 10.2. The van der Waals surface area contributed by atoms with Gasteiger partial charge in [0.1, 0.15) is 0 Å². The van der Waals surface area contributed by atoms with Crippen molar-refractivity contribution in [3.05, 3.63) is 94.5 Å². The predicted molar refractivity (Wildman–Crippen MR) is 120 cm³/mol. The van der Waals surface area contributed by atoms with E-state index in [1.165, 1.54) is 0 Å². The van der Waals surface area contributed by atoms with E-state index in [0.717, 1.165) is 15.4 Å². The first kappa shape index (κ1) is 22.0. The first-order valence-corrected chi connectivity index (χ1v) is 11.2. The third-order valence-electron chi connectivity index (χ3n) is 4.70. The van der Waals surface area contributed by atoms with E-state index in [-0.39, 0.29) is 18.0 Å². The van der Waals surface area contributed by atoms with Crippen molar-refractivity contribution >= 4 is 33.2 Å². The Hall–Kier alpha value is -2.67. The van der Waals surface area contributed by atoms with Gasteiger partial charge in [0.15, 0.2) is 0 Å². The molecule has 1 N–H and O–H groups in total. The van der Waals surface area contributed by atoms with E-state index < -0.39 is 15.9 Å². The van der Waals surface area contributed by atoms with Crippen molar-refractivity contribution in [2.24, 2.45) is 0 Å². The minimum absolute atomic E-state index is 0.0168. The Labute approximate surface area is 182 Å². The van der Waals surface area contributed by atoms with Crippen molar-refractivity contribution in [2.45, 2.75) is 25.3 Å². The van der Waals surface area contributed by atoms with Crippen LogP contribution in [0.5, 0.6) is 0 Å². The number of halogens is 1. The smallest absolute Gasteiger partial charge is 0.243 e. The highest BCUT2D eigenvalue weighted by molar-refractivity contribution is 7.89. The van der Waals surface area contributed by atoms with E-state index in [1.54, 1.807) is 54.6 Å². The number of sulfonamides is 1. The van der Waals surface area contributed by atoms with Gasteiger partial charge < -0.3 is 5.32 Å². The van der Waals surface area contributed by atoms with E-state index in [1.807, 2.05) is 32.0 Å². The summed E-state index contributed by atoms with van der Waals surface area (Å²) in [5.74, 6) is -0.424. The number of carbonyl (C=O) groups is 1. The minimum Gasteiger partial charge on any atom is -0.325 e. The van der Waals surface area contributed by atoms with Crippen LogP contribution in [0.1, 0.15) is 16.7 Å². The fraction of sp³-hybridized carbons (Fsp3) is 0.174. The van der Waals surface area contributed by atoms with Crippen LogP contribution >= 0.6 is 11.6 Å². The van der Waals surface area contributed by atoms with Gasteiger partial charge in [-0.15, -0.1) is 0 Å². The average Bonchev–Trinajstić information content (AvgIpc) is 2.71. The molecule has 0 fully saturated rings. The molecule has 7 heteroatoms. The van der Waals surface area contributed by atoms with Gasteiger partial charge in [0.2, 0.25) is 15.9 Å². The average molecular weight is 443 g/mol. The van der Waals surface area contributed by atoms with Crippen molar-refractivity contribution in [3.8, 4) is 0 Å². The second-order valence-corrected chi connectivity index (χ2v) is 9.39. The van der Waals surface area contributed by atoms with Crippen LogP contribution in [-0.2, 0) is 21.4 Å². The molecule has 0 heterocycles. The van der Waals surface area contributed by atoms with Crippen LogP contribution in [0, 0.1) is 13.8 Å². The van der Waals surface area contributed by atoms with E-state index in [2.05, 4.69) is 5.32 Å². The summed E-state index contributed by atoms with van der Waals surface area (Å²) in [4.78, 5) is 12.9. The molecule has 0 bridgehead atoms. The van der Waals surface area contributed by atoms with Gasteiger partial charge in [0, 0.05) is 17.3 Å². The van der Waals surface area contributed by atoms with Gasteiger partial charge in [-0.05, 0) is 49.2 Å². The SMILES string of the molecule is Cc1ccc(S(=O)(=O)N(CC(=O)Nc2ccccc2C)Cc2ccccc2Cl)cc1. The number of hydrogen-bond acceptors (Lipinski definition) is 3. The van der Waals surface area contributed by atoms with Gasteiger partial charge in [0.25, 0.3) is 0 Å². The first-order chi connectivity index (χ1) is 14.3. The van der Waals surface area contributed by atoms with Gasteiger partial charge >= 0.3 is 0 Å². The highest BCUT2D eigenvalue weighted by Gasteiger charge is 2.27. The number of aryl methyl sites for hydroxylation is 2. The van der Waals surface area contributed by atoms with Crippen molar-refractivity contribution in [2.75, 3.05) is 11.9 Å². The zero-order valence-electron chi connectivity index (χ0n) is 16.8. The molecule has 30 heavy (non-hydrogen) atoms. The second kappa shape index (κ2) is 9.43. The number of benzene rings is 3. The maximum absolute atomic E-state index is 13.3. The van der Waals surface area contributed by atoms with Gasteiger partial charge in [-0.25, -0.2) is 8.42 Å². The summed E-state index contributed by atoms with van der Waals surface area (Å²) < 4.78 is 27.8. The lowest BCUT2D eigenvalue weighted by Crippen LogP contribution is -2.37. The molecule has 5 nitrogen and oxygen atoms in total. The van der Waals surface area contributed by atoms with Crippen molar-refractivity contribution in [1.29, 1.82) is 0 Å². The lowest BCUT2D eigenvalue weighted by molar-refractivity contribution is -0.116. The number of carbonyl (C=O) groups excluding carboxylic acids is 1. The van der Waals surface area contributed by atoms with Gasteiger partial charge in [-0.1, -0.05) is 65.7 Å². The van der Waals surface area contributed by atoms with Crippen molar-refractivity contribution in [1.82, 2.24) is 4.31 Å². The summed E-state index contributed by atoms with van der Waals surface area (Å²) in [7, 11) is -3.92. The molecule has 0 spiro atoms. The van der Waals surface area contributed by atoms with E-state index in [0.29, 0.717) is 16.3 Å². The second-order valence-electron chi connectivity index (χ2n) is 7.04. The van der Waals surface area contributed by atoms with E-state index in [4.69, 9.17) is 11.6 Å². The number of nitrogens with zero attached hydrogens (tertiary/aromatic N) is 1. The molecule has 0 saturated carbocycles. The number of rotatable bonds is 7. The Morgan fingerprint density at radius 2 is 1.57 bits per heavy atom. The zero-order chi connectivity index (χ0) is 21.7. The predicted octanol–water partition coefficient (Wildman–Crippen LogP) is 4.79. The molecule has 1 amide bonds. The fourth-order valence-electron chi connectivity index (χ4n) is 2.96. The number of nitrogens with one attached hydrogen (secondary N) is 1. The third kappa shape index (κ3) is 5.27. The number of hydrogen-bond donors (Lipinski definition) is 1. The Balaban J connectivity index is 1.91. The zero-order valence-corrected chi connectivity index (χ0v) is 18.4. The van der Waals surface area contributed by atoms with Crippen LogP contribution in [-0.4, -0.2) is 25.2 Å². The van der Waals surface area contributed by atoms with Crippen molar-refractivity contribution in [3.63, 3.8) is 0 Å². The molecule has 3 aromatic carbocycles. The number of amides is 1. The van der Waals surface area contributed by atoms with Gasteiger partial charge in [0.05, 0.1) is 11.4 Å². The summed E-state index contributed by atoms with van der Waals surface area (Å²) in [6, 6.07) is 20.9. The Kier molecular flexibility index (Phi) is 6.92. The first-order valence-electron chi connectivity index (χ1n) is 9.43. The molecule has 0 radical (unpaired) electrons. The van der Waals surface area contributed by atoms with Gasteiger partial charge in [-0.3, -0.25) is 4.79 Å². The quantitative estimate of drug-likeness (QED) is 0.572. The lowest BCUT2D eigenvalue weighted by Gasteiger charge is -2.23. The molecule has 156 valence electrons.